The predicted molar refractivity (Wildman–Crippen MR) is 73.3 cm³/mol. The zero-order valence-electron chi connectivity index (χ0n) is 11.0. The van der Waals surface area contributed by atoms with Crippen molar-refractivity contribution in [3.8, 4) is 5.75 Å². The van der Waals surface area contributed by atoms with Crippen molar-refractivity contribution in [1.29, 1.82) is 0 Å². The van der Waals surface area contributed by atoms with Crippen LogP contribution < -0.4 is 4.74 Å². The average molecular weight is 274 g/mol. The van der Waals surface area contributed by atoms with Gasteiger partial charge in [-0.05, 0) is 29.0 Å². The fourth-order valence-electron chi connectivity index (χ4n) is 1.84. The molecule has 5 heteroatoms. The maximum atomic E-state index is 11.9. The number of fused-ring (bicyclic) bond motifs is 1. The van der Waals surface area contributed by atoms with Gasteiger partial charge in [0.1, 0.15) is 19.0 Å². The summed E-state index contributed by atoms with van der Waals surface area (Å²) in [5.74, 6) is -0.589. The van der Waals surface area contributed by atoms with Crippen LogP contribution >= 0.6 is 0 Å². The topological polar surface area (TPSA) is 72.8 Å². The van der Waals surface area contributed by atoms with Crippen molar-refractivity contribution < 1.29 is 24.2 Å². The van der Waals surface area contributed by atoms with Crippen LogP contribution in [0.25, 0.3) is 10.8 Å². The molecular formula is C15H14O5. The molecule has 2 rings (SSSR count). The number of carboxylic acid groups (broad SMARTS) is 1. The smallest absolute Gasteiger partial charge is 0.329 e. The molecule has 1 N–H and O–H groups in total. The van der Waals surface area contributed by atoms with Crippen LogP contribution in [0.3, 0.4) is 0 Å². The van der Waals surface area contributed by atoms with Gasteiger partial charge < -0.3 is 14.6 Å². The molecule has 0 fully saturated rings. The van der Waals surface area contributed by atoms with Crippen LogP contribution in [0.15, 0.2) is 36.4 Å². The van der Waals surface area contributed by atoms with Crippen molar-refractivity contribution >= 4 is 22.5 Å². The van der Waals surface area contributed by atoms with Crippen LogP contribution in [-0.2, 0) is 9.53 Å². The van der Waals surface area contributed by atoms with E-state index in [1.807, 2.05) is 24.3 Å². The minimum Gasteiger partial charge on any atom is -0.497 e. The van der Waals surface area contributed by atoms with Crippen molar-refractivity contribution in [2.75, 3.05) is 20.3 Å². The standard InChI is InChI=1S/C15H14O5/c1-19-13-5-4-10-6-12(3-2-11(10)7-13)14(16)8-20-9-15(17)18/h2-7H,8-9H2,1H3,(H,17,18). The van der Waals surface area contributed by atoms with Gasteiger partial charge >= 0.3 is 5.97 Å². The van der Waals surface area contributed by atoms with E-state index in [1.54, 1.807) is 19.2 Å². The minimum atomic E-state index is -1.09. The molecule has 0 aliphatic carbocycles. The quantitative estimate of drug-likeness (QED) is 0.817. The van der Waals surface area contributed by atoms with E-state index >= 15 is 0 Å². The molecule has 0 atom stereocenters. The third kappa shape index (κ3) is 3.33. The van der Waals surface area contributed by atoms with Crippen molar-refractivity contribution in [2.24, 2.45) is 0 Å². The van der Waals surface area contributed by atoms with E-state index in [1.165, 1.54) is 0 Å². The molecule has 0 spiro atoms. The first-order valence-corrected chi connectivity index (χ1v) is 6.00. The largest absolute Gasteiger partial charge is 0.497 e. The Labute approximate surface area is 115 Å². The van der Waals surface area contributed by atoms with E-state index < -0.39 is 12.6 Å². The number of carboxylic acids is 1. The lowest BCUT2D eigenvalue weighted by molar-refractivity contribution is -0.141. The summed E-state index contributed by atoms with van der Waals surface area (Å²) < 4.78 is 9.92. The zero-order chi connectivity index (χ0) is 14.5. The van der Waals surface area contributed by atoms with Crippen LogP contribution in [0.1, 0.15) is 10.4 Å². The number of rotatable bonds is 6. The summed E-state index contributed by atoms with van der Waals surface area (Å²) in [4.78, 5) is 22.2. The molecule has 0 saturated heterocycles. The highest BCUT2D eigenvalue weighted by Gasteiger charge is 2.08. The SMILES string of the molecule is COc1ccc2cc(C(=O)COCC(=O)O)ccc2c1. The van der Waals surface area contributed by atoms with E-state index in [-0.39, 0.29) is 12.4 Å². The first-order valence-electron chi connectivity index (χ1n) is 6.00. The van der Waals surface area contributed by atoms with Crippen LogP contribution in [0.4, 0.5) is 0 Å². The van der Waals surface area contributed by atoms with Crippen LogP contribution in [0.2, 0.25) is 0 Å². The van der Waals surface area contributed by atoms with Gasteiger partial charge in [-0.15, -0.1) is 0 Å². The van der Waals surface area contributed by atoms with Crippen molar-refractivity contribution in [3.63, 3.8) is 0 Å². The highest BCUT2D eigenvalue weighted by Crippen LogP contribution is 2.22. The first kappa shape index (κ1) is 14.0. The third-order valence-corrected chi connectivity index (χ3v) is 2.83. The van der Waals surface area contributed by atoms with Gasteiger partial charge in [0.05, 0.1) is 7.11 Å². The fourth-order valence-corrected chi connectivity index (χ4v) is 1.84. The van der Waals surface area contributed by atoms with Crippen molar-refractivity contribution in [3.05, 3.63) is 42.0 Å². The molecule has 2 aromatic rings. The Morgan fingerprint density at radius 3 is 2.45 bits per heavy atom. The number of ether oxygens (including phenoxy) is 2. The Bertz CT molecular complexity index is 648. The number of hydrogen-bond acceptors (Lipinski definition) is 4. The van der Waals surface area contributed by atoms with E-state index in [0.29, 0.717) is 5.56 Å². The molecule has 2 aromatic carbocycles. The van der Waals surface area contributed by atoms with E-state index in [9.17, 15) is 9.59 Å². The second kappa shape index (κ2) is 6.16. The molecular weight excluding hydrogens is 260 g/mol. The van der Waals surface area contributed by atoms with E-state index in [0.717, 1.165) is 16.5 Å². The Kier molecular flexibility index (Phi) is 4.32. The summed E-state index contributed by atoms with van der Waals surface area (Å²) in [5.41, 5.74) is 0.494. The Hall–Kier alpha value is -2.40. The molecule has 104 valence electrons. The number of aliphatic carboxylic acids is 1. The Balaban J connectivity index is 2.15. The number of methoxy groups -OCH3 is 1. The maximum absolute atomic E-state index is 11.9. The number of Topliss-reactive ketones (excluding diaryl/α,β-unsaturated/α-hetero) is 1. The summed E-state index contributed by atoms with van der Waals surface area (Å²) in [5, 5.41) is 10.3. The molecule has 0 heterocycles. The minimum absolute atomic E-state index is 0.242. The van der Waals surface area contributed by atoms with Crippen LogP contribution in [-0.4, -0.2) is 37.2 Å². The zero-order valence-corrected chi connectivity index (χ0v) is 11.0. The van der Waals surface area contributed by atoms with Crippen LogP contribution in [0.5, 0.6) is 5.75 Å². The lowest BCUT2D eigenvalue weighted by Crippen LogP contribution is -2.14. The lowest BCUT2D eigenvalue weighted by atomic mass is 10.0. The van der Waals surface area contributed by atoms with Crippen molar-refractivity contribution in [2.45, 2.75) is 0 Å². The van der Waals surface area contributed by atoms with Gasteiger partial charge in [0, 0.05) is 5.56 Å². The first-order chi connectivity index (χ1) is 9.60. The predicted octanol–water partition coefficient (Wildman–Crippen LogP) is 2.13. The van der Waals surface area contributed by atoms with Crippen molar-refractivity contribution in [1.82, 2.24) is 0 Å². The van der Waals surface area contributed by atoms with Gasteiger partial charge in [0.2, 0.25) is 0 Å². The number of hydrogen-bond donors (Lipinski definition) is 1. The summed E-state index contributed by atoms with van der Waals surface area (Å²) in [6, 6.07) is 10.8. The van der Waals surface area contributed by atoms with Gasteiger partial charge in [-0.1, -0.05) is 18.2 Å². The van der Waals surface area contributed by atoms with E-state index in [2.05, 4.69) is 0 Å². The third-order valence-electron chi connectivity index (χ3n) is 2.83. The molecule has 0 saturated carbocycles. The average Bonchev–Trinajstić information content (AvgIpc) is 2.45. The van der Waals surface area contributed by atoms with Gasteiger partial charge in [-0.3, -0.25) is 4.79 Å². The molecule has 0 amide bonds. The molecule has 0 radical (unpaired) electrons. The number of carbonyl (C=O) groups is 2. The van der Waals surface area contributed by atoms with Gasteiger partial charge in [0.25, 0.3) is 0 Å². The summed E-state index contributed by atoms with van der Waals surface area (Å²) in [6.45, 7) is -0.718. The molecule has 20 heavy (non-hydrogen) atoms. The highest BCUT2D eigenvalue weighted by molar-refractivity contribution is 6.01. The fraction of sp³-hybridized carbons (Fsp3) is 0.200. The molecule has 0 unspecified atom stereocenters. The molecule has 0 bridgehead atoms. The van der Waals surface area contributed by atoms with E-state index in [4.69, 9.17) is 14.6 Å². The molecule has 5 nitrogen and oxygen atoms in total. The number of benzene rings is 2. The second-order valence-corrected chi connectivity index (χ2v) is 4.24. The molecule has 0 aliphatic rings. The number of carbonyl (C=O) groups excluding carboxylic acids is 1. The summed E-state index contributed by atoms with van der Waals surface area (Å²) >= 11 is 0. The summed E-state index contributed by atoms with van der Waals surface area (Å²) in [6.07, 6.45) is 0. The molecule has 0 aliphatic heterocycles. The van der Waals surface area contributed by atoms with Gasteiger partial charge in [-0.2, -0.15) is 0 Å². The molecule has 0 aromatic heterocycles. The maximum Gasteiger partial charge on any atom is 0.329 e. The van der Waals surface area contributed by atoms with Gasteiger partial charge in [0.15, 0.2) is 5.78 Å². The number of ketones is 1. The van der Waals surface area contributed by atoms with Gasteiger partial charge in [-0.25, -0.2) is 4.79 Å². The second-order valence-electron chi connectivity index (χ2n) is 4.24. The van der Waals surface area contributed by atoms with Crippen LogP contribution in [0, 0.1) is 0 Å². The summed E-state index contributed by atoms with van der Waals surface area (Å²) in [7, 11) is 1.60. The Morgan fingerprint density at radius 1 is 1.05 bits per heavy atom. The normalized spacial score (nSPS) is 10.4. The lowest BCUT2D eigenvalue weighted by Gasteiger charge is -2.05. The Morgan fingerprint density at radius 2 is 1.75 bits per heavy atom. The highest BCUT2D eigenvalue weighted by atomic mass is 16.5. The monoisotopic (exact) mass is 274 g/mol.